The van der Waals surface area contributed by atoms with Crippen LogP contribution in [0.15, 0.2) is 12.2 Å². The Balaban J connectivity index is 5.35. The van der Waals surface area contributed by atoms with E-state index in [4.69, 9.17) is 0 Å². The molecule has 4 unspecified atom stereocenters. The van der Waals surface area contributed by atoms with Crippen LogP contribution in [0.1, 0.15) is 94.9 Å². The Kier molecular flexibility index (Phi) is 9.03. The average molecular weight is 309 g/mol. The van der Waals surface area contributed by atoms with Crippen LogP contribution in [0.25, 0.3) is 0 Å². The molecular weight excluding hydrogens is 264 g/mol. The second-order valence-electron chi connectivity index (χ2n) is 9.37. The molecule has 0 nitrogen and oxygen atoms in total. The first kappa shape index (κ1) is 21.7. The van der Waals surface area contributed by atoms with Gasteiger partial charge in [-0.15, -0.1) is 0 Å². The van der Waals surface area contributed by atoms with E-state index in [0.717, 1.165) is 17.8 Å². The van der Waals surface area contributed by atoms with Gasteiger partial charge in [0.25, 0.3) is 0 Å². The lowest BCUT2D eigenvalue weighted by Crippen LogP contribution is -2.41. The first-order valence-electron chi connectivity index (χ1n) is 9.61. The van der Waals surface area contributed by atoms with Gasteiger partial charge in [-0.2, -0.15) is 0 Å². The molecule has 0 aromatic rings. The van der Waals surface area contributed by atoms with Gasteiger partial charge in [0.15, 0.2) is 0 Å². The maximum Gasteiger partial charge on any atom is -0.0262 e. The van der Waals surface area contributed by atoms with Crippen LogP contribution >= 0.6 is 0 Å². The topological polar surface area (TPSA) is 0 Å². The lowest BCUT2D eigenvalue weighted by Gasteiger charge is -2.49. The van der Waals surface area contributed by atoms with Crippen LogP contribution in [0.2, 0.25) is 0 Å². The van der Waals surface area contributed by atoms with Crippen LogP contribution in [-0.4, -0.2) is 0 Å². The average Bonchev–Trinajstić information content (AvgIpc) is 2.40. The molecule has 0 saturated heterocycles. The SMILES string of the molecule is CC=CC(C)CCC(C)(C(CC)CC(C)C)C(C)C(C)(C)C. The summed E-state index contributed by atoms with van der Waals surface area (Å²) in [5.41, 5.74) is 0.816. The molecule has 0 spiro atoms. The van der Waals surface area contributed by atoms with Gasteiger partial charge in [-0.25, -0.2) is 0 Å². The fourth-order valence-corrected chi connectivity index (χ4v) is 4.20. The zero-order chi connectivity index (χ0) is 17.6. The minimum atomic E-state index is 0.378. The Bertz CT molecular complexity index is 317. The Labute approximate surface area is 142 Å². The van der Waals surface area contributed by atoms with Gasteiger partial charge in [0, 0.05) is 0 Å². The maximum atomic E-state index is 2.59. The van der Waals surface area contributed by atoms with Crippen molar-refractivity contribution in [2.24, 2.45) is 34.5 Å². The summed E-state index contributed by atoms with van der Waals surface area (Å²) in [5.74, 6) is 3.07. The van der Waals surface area contributed by atoms with Crippen LogP contribution in [-0.2, 0) is 0 Å². The third kappa shape index (κ3) is 6.47. The second-order valence-corrected chi connectivity index (χ2v) is 9.37. The Hall–Kier alpha value is -0.260. The number of hydrogen-bond donors (Lipinski definition) is 0. The minimum Gasteiger partial charge on any atom is -0.0914 e. The normalized spacial score (nSPS) is 20.1. The number of allylic oxidation sites excluding steroid dienone is 2. The number of hydrogen-bond acceptors (Lipinski definition) is 0. The smallest absolute Gasteiger partial charge is 0.0262 e. The molecule has 4 atom stereocenters. The summed E-state index contributed by atoms with van der Waals surface area (Å²) in [4.78, 5) is 0. The molecule has 0 heterocycles. The molecule has 0 radical (unpaired) electrons. The highest BCUT2D eigenvalue weighted by atomic mass is 14.5. The van der Waals surface area contributed by atoms with Crippen LogP contribution in [0.4, 0.5) is 0 Å². The van der Waals surface area contributed by atoms with Gasteiger partial charge in [-0.1, -0.05) is 80.9 Å². The van der Waals surface area contributed by atoms with E-state index in [1.807, 2.05) is 0 Å². The predicted octanol–water partition coefficient (Wildman–Crippen LogP) is 7.74. The van der Waals surface area contributed by atoms with E-state index < -0.39 is 0 Å². The summed E-state index contributed by atoms with van der Waals surface area (Å²) in [6, 6.07) is 0. The molecule has 0 bridgehead atoms. The van der Waals surface area contributed by atoms with Gasteiger partial charge < -0.3 is 0 Å². The molecule has 0 rings (SSSR count). The van der Waals surface area contributed by atoms with Crippen LogP contribution in [0, 0.1) is 34.5 Å². The van der Waals surface area contributed by atoms with E-state index >= 15 is 0 Å². The van der Waals surface area contributed by atoms with E-state index in [1.165, 1.54) is 25.7 Å². The fourth-order valence-electron chi connectivity index (χ4n) is 4.20. The molecule has 0 N–H and O–H groups in total. The van der Waals surface area contributed by atoms with Crippen LogP contribution < -0.4 is 0 Å². The van der Waals surface area contributed by atoms with Crippen LogP contribution in [0.5, 0.6) is 0 Å². The van der Waals surface area contributed by atoms with Crippen molar-refractivity contribution < 1.29 is 0 Å². The van der Waals surface area contributed by atoms with Gasteiger partial charge in [0.1, 0.15) is 0 Å². The second kappa shape index (κ2) is 9.14. The van der Waals surface area contributed by atoms with Crippen molar-refractivity contribution in [1.29, 1.82) is 0 Å². The third-order valence-electron chi connectivity index (χ3n) is 6.13. The zero-order valence-corrected chi connectivity index (χ0v) is 17.3. The molecule has 0 aromatic carbocycles. The highest BCUT2D eigenvalue weighted by Gasteiger charge is 2.42. The monoisotopic (exact) mass is 308 g/mol. The third-order valence-corrected chi connectivity index (χ3v) is 6.13. The molecule has 0 fully saturated rings. The summed E-state index contributed by atoms with van der Waals surface area (Å²) < 4.78 is 0. The Morgan fingerprint density at radius 2 is 1.50 bits per heavy atom. The molecular formula is C22H44. The van der Waals surface area contributed by atoms with Crippen molar-refractivity contribution >= 4 is 0 Å². The largest absolute Gasteiger partial charge is 0.0914 e. The highest BCUT2D eigenvalue weighted by molar-refractivity contribution is 4.93. The lowest BCUT2D eigenvalue weighted by atomic mass is 9.56. The summed E-state index contributed by atoms with van der Waals surface area (Å²) in [5, 5.41) is 0. The molecule has 0 aliphatic carbocycles. The molecule has 0 amide bonds. The van der Waals surface area contributed by atoms with E-state index in [0.29, 0.717) is 16.7 Å². The zero-order valence-electron chi connectivity index (χ0n) is 17.3. The molecule has 0 aliphatic rings. The highest BCUT2D eigenvalue weighted by Crippen LogP contribution is 2.51. The molecule has 0 heteroatoms. The number of rotatable bonds is 9. The first-order valence-corrected chi connectivity index (χ1v) is 9.61. The van der Waals surface area contributed by atoms with Crippen molar-refractivity contribution in [2.45, 2.75) is 94.9 Å². The Morgan fingerprint density at radius 3 is 1.86 bits per heavy atom. The molecule has 0 saturated carbocycles. The van der Waals surface area contributed by atoms with Crippen molar-refractivity contribution in [2.75, 3.05) is 0 Å². The predicted molar refractivity (Wildman–Crippen MR) is 103 cm³/mol. The van der Waals surface area contributed by atoms with Crippen LogP contribution in [0.3, 0.4) is 0 Å². The quantitative estimate of drug-likeness (QED) is 0.382. The summed E-state index contributed by atoms with van der Waals surface area (Å²) in [6.45, 7) is 24.0. The van der Waals surface area contributed by atoms with Gasteiger partial charge in [-0.05, 0) is 60.7 Å². The molecule has 22 heavy (non-hydrogen) atoms. The van der Waals surface area contributed by atoms with E-state index in [-0.39, 0.29) is 0 Å². The summed E-state index contributed by atoms with van der Waals surface area (Å²) >= 11 is 0. The van der Waals surface area contributed by atoms with Gasteiger partial charge in [0.05, 0.1) is 0 Å². The maximum absolute atomic E-state index is 2.59. The molecule has 0 aromatic heterocycles. The van der Waals surface area contributed by atoms with Crippen molar-refractivity contribution in [3.05, 3.63) is 12.2 Å². The van der Waals surface area contributed by atoms with E-state index in [9.17, 15) is 0 Å². The van der Waals surface area contributed by atoms with Crippen molar-refractivity contribution in [3.63, 3.8) is 0 Å². The van der Waals surface area contributed by atoms with Gasteiger partial charge in [0.2, 0.25) is 0 Å². The van der Waals surface area contributed by atoms with Crippen molar-refractivity contribution in [3.8, 4) is 0 Å². The van der Waals surface area contributed by atoms with Crippen molar-refractivity contribution in [1.82, 2.24) is 0 Å². The summed E-state index contributed by atoms with van der Waals surface area (Å²) in [7, 11) is 0. The Morgan fingerprint density at radius 1 is 0.955 bits per heavy atom. The fraction of sp³-hybridized carbons (Fsp3) is 0.909. The van der Waals surface area contributed by atoms with Gasteiger partial charge in [-0.3, -0.25) is 0 Å². The van der Waals surface area contributed by atoms with E-state index in [1.54, 1.807) is 0 Å². The van der Waals surface area contributed by atoms with Gasteiger partial charge >= 0.3 is 0 Å². The molecule has 132 valence electrons. The first-order chi connectivity index (χ1) is 9.98. The van der Waals surface area contributed by atoms with E-state index in [2.05, 4.69) is 81.4 Å². The molecule has 0 aliphatic heterocycles. The lowest BCUT2D eigenvalue weighted by molar-refractivity contribution is 0.00473. The standard InChI is InChI=1S/C22H44/c1-11-13-18(5)14-15-22(10,19(6)21(7,8)9)20(12-2)16-17(3)4/h11,13,17-20H,12,14-16H2,1-10H3. The minimum absolute atomic E-state index is 0.378. The summed E-state index contributed by atoms with van der Waals surface area (Å²) in [6.07, 6.45) is 9.92.